The Bertz CT molecular complexity index is 1830. The van der Waals surface area contributed by atoms with E-state index in [0.717, 1.165) is 107 Å². The van der Waals surface area contributed by atoms with Gasteiger partial charge in [0.25, 0.3) is 0 Å². The molecule has 0 radical (unpaired) electrons. The number of hydrogen-bond acceptors (Lipinski definition) is 4. The number of fused-ring (bicyclic) bond motifs is 4. The summed E-state index contributed by atoms with van der Waals surface area (Å²) in [6.07, 6.45) is 0. The Morgan fingerprint density at radius 1 is 0.619 bits per heavy atom. The smallest absolute Gasteiger partial charge is 0.151 e. The minimum atomic E-state index is -0.259. The lowest BCUT2D eigenvalue weighted by Gasteiger charge is -2.35. The molecule has 210 valence electrons. The Labute approximate surface area is 241 Å². The monoisotopic (exact) mass is 562 g/mol. The van der Waals surface area contributed by atoms with Crippen molar-refractivity contribution in [1.29, 1.82) is 0 Å². The molecule has 42 heavy (non-hydrogen) atoms. The van der Waals surface area contributed by atoms with Gasteiger partial charge in [-0.3, -0.25) is 4.90 Å². The van der Waals surface area contributed by atoms with Crippen molar-refractivity contribution in [1.82, 2.24) is 14.9 Å². The number of halogens is 2. The second-order valence-corrected chi connectivity index (χ2v) is 10.9. The van der Waals surface area contributed by atoms with Crippen LogP contribution in [0.4, 0.5) is 20.2 Å². The van der Waals surface area contributed by atoms with Crippen molar-refractivity contribution < 1.29 is 18.3 Å². The average Bonchev–Trinajstić information content (AvgIpc) is 3.63. The number of ether oxygens (including phenoxy) is 2. The van der Waals surface area contributed by atoms with E-state index in [4.69, 9.17) is 9.47 Å². The molecule has 0 saturated carbocycles. The normalized spacial score (nSPS) is 15.1. The molecule has 0 spiro atoms. The van der Waals surface area contributed by atoms with Crippen molar-refractivity contribution in [3.8, 4) is 34.0 Å². The first-order valence-electron chi connectivity index (χ1n) is 14.2. The average molecular weight is 563 g/mol. The van der Waals surface area contributed by atoms with Gasteiger partial charge in [-0.2, -0.15) is 0 Å². The van der Waals surface area contributed by atoms with Gasteiger partial charge in [0.2, 0.25) is 0 Å². The maximum atomic E-state index is 13.8. The minimum Gasteiger partial charge on any atom is -0.453 e. The number of anilines is 2. The van der Waals surface area contributed by atoms with Gasteiger partial charge in [-0.15, -0.1) is 0 Å². The molecule has 8 heteroatoms. The summed E-state index contributed by atoms with van der Waals surface area (Å²) in [4.78, 5) is 11.6. The van der Waals surface area contributed by atoms with Crippen molar-refractivity contribution in [3.63, 3.8) is 0 Å². The molecule has 2 N–H and O–H groups in total. The molecular formula is C34H28F2N4O2. The topological polar surface area (TPSA) is 56.5 Å². The third-order valence-electron chi connectivity index (χ3n) is 8.25. The Kier molecular flexibility index (Phi) is 5.98. The third kappa shape index (κ3) is 4.49. The van der Waals surface area contributed by atoms with E-state index >= 15 is 0 Å². The number of aromatic amines is 2. The standard InChI is InChI=1S/C34H28F2N4O2/c35-25-3-5-27-23(15-25)17-29(37-27)21-1-7-31-33(19-21)42-34-20-22(30-18-24-16-26(36)4-6-28(24)38-30)2-8-32(34)40(31)10-9-39-11-13-41-14-12-39/h1-8,15-20,37-38H,9-14H2. The van der Waals surface area contributed by atoms with Crippen LogP contribution in [0.3, 0.4) is 0 Å². The Balaban J connectivity index is 1.18. The van der Waals surface area contributed by atoms with Crippen molar-refractivity contribution in [2.24, 2.45) is 0 Å². The molecule has 2 aromatic heterocycles. The summed E-state index contributed by atoms with van der Waals surface area (Å²) < 4.78 is 39.8. The predicted molar refractivity (Wildman–Crippen MR) is 162 cm³/mol. The molecule has 0 unspecified atom stereocenters. The molecule has 2 aliphatic rings. The molecular weight excluding hydrogens is 534 g/mol. The Morgan fingerprint density at radius 3 is 1.71 bits per heavy atom. The number of hydrogen-bond donors (Lipinski definition) is 2. The number of H-pyrrole nitrogens is 2. The van der Waals surface area contributed by atoms with Gasteiger partial charge in [0.05, 0.1) is 24.6 Å². The van der Waals surface area contributed by atoms with Gasteiger partial charge >= 0.3 is 0 Å². The number of benzene rings is 4. The second-order valence-electron chi connectivity index (χ2n) is 10.9. The van der Waals surface area contributed by atoms with E-state index < -0.39 is 0 Å². The van der Waals surface area contributed by atoms with Crippen LogP contribution in [0.25, 0.3) is 44.3 Å². The summed E-state index contributed by atoms with van der Waals surface area (Å²) in [6.45, 7) is 5.04. The van der Waals surface area contributed by atoms with Crippen molar-refractivity contribution in [2.45, 2.75) is 0 Å². The number of nitrogens with one attached hydrogen (secondary N) is 2. The highest BCUT2D eigenvalue weighted by atomic mass is 19.1. The minimum absolute atomic E-state index is 0.259. The number of aromatic nitrogens is 2. The first-order valence-corrected chi connectivity index (χ1v) is 14.2. The zero-order valence-corrected chi connectivity index (χ0v) is 22.8. The molecule has 0 aliphatic carbocycles. The van der Waals surface area contributed by atoms with E-state index in [-0.39, 0.29) is 11.6 Å². The lowest BCUT2D eigenvalue weighted by atomic mass is 10.1. The molecule has 0 atom stereocenters. The van der Waals surface area contributed by atoms with Gasteiger partial charge in [0.15, 0.2) is 11.5 Å². The zero-order valence-electron chi connectivity index (χ0n) is 22.8. The van der Waals surface area contributed by atoms with Crippen molar-refractivity contribution in [2.75, 3.05) is 44.3 Å². The van der Waals surface area contributed by atoms with Crippen molar-refractivity contribution >= 4 is 33.2 Å². The van der Waals surface area contributed by atoms with Gasteiger partial charge in [0.1, 0.15) is 11.6 Å². The van der Waals surface area contributed by atoms with Crippen LogP contribution in [-0.2, 0) is 4.74 Å². The quantitative estimate of drug-likeness (QED) is 0.225. The molecule has 4 aromatic carbocycles. The highest BCUT2D eigenvalue weighted by Gasteiger charge is 2.26. The molecule has 2 aliphatic heterocycles. The highest BCUT2D eigenvalue weighted by Crippen LogP contribution is 2.49. The van der Waals surface area contributed by atoms with E-state index in [1.165, 1.54) is 24.3 Å². The van der Waals surface area contributed by atoms with E-state index in [1.54, 1.807) is 12.1 Å². The maximum Gasteiger partial charge on any atom is 0.151 e. The fourth-order valence-electron chi connectivity index (χ4n) is 6.05. The predicted octanol–water partition coefficient (Wildman–Crippen LogP) is 7.84. The highest BCUT2D eigenvalue weighted by molar-refractivity contribution is 5.89. The van der Waals surface area contributed by atoms with Crippen LogP contribution in [0, 0.1) is 11.6 Å². The fourth-order valence-corrected chi connectivity index (χ4v) is 6.05. The van der Waals surface area contributed by atoms with E-state index in [1.807, 2.05) is 24.3 Å². The third-order valence-corrected chi connectivity index (χ3v) is 8.25. The van der Waals surface area contributed by atoms with Gasteiger partial charge in [-0.1, -0.05) is 12.1 Å². The summed E-state index contributed by atoms with van der Waals surface area (Å²) >= 11 is 0. The molecule has 4 heterocycles. The number of rotatable bonds is 5. The van der Waals surface area contributed by atoms with Crippen LogP contribution in [0.1, 0.15) is 0 Å². The van der Waals surface area contributed by atoms with Gasteiger partial charge < -0.3 is 24.3 Å². The van der Waals surface area contributed by atoms with E-state index in [0.29, 0.717) is 0 Å². The van der Waals surface area contributed by atoms with Crippen molar-refractivity contribution in [3.05, 3.63) is 96.6 Å². The Hall–Kier alpha value is -4.66. The summed E-state index contributed by atoms with van der Waals surface area (Å²) in [5.74, 6) is 0.987. The SMILES string of the molecule is Fc1ccc2[nH]c(-c3ccc4c(c3)Oc3cc(-c5cc6cc(F)ccc6[nH]5)ccc3N4CCN3CCOCC3)cc2c1. The van der Waals surface area contributed by atoms with Crippen LogP contribution in [-0.4, -0.2) is 54.3 Å². The molecule has 8 rings (SSSR count). The lowest BCUT2D eigenvalue weighted by molar-refractivity contribution is 0.0394. The largest absolute Gasteiger partial charge is 0.453 e. The molecule has 6 nitrogen and oxygen atoms in total. The second kappa shape index (κ2) is 10.0. The molecule has 6 aromatic rings. The Morgan fingerprint density at radius 2 is 1.17 bits per heavy atom. The van der Waals surface area contributed by atoms with Gasteiger partial charge in [-0.25, -0.2) is 8.78 Å². The molecule has 0 bridgehead atoms. The summed E-state index contributed by atoms with van der Waals surface area (Å²) in [6, 6.07) is 25.9. The van der Waals surface area contributed by atoms with Crippen LogP contribution in [0.5, 0.6) is 11.5 Å². The van der Waals surface area contributed by atoms with Gasteiger partial charge in [-0.05, 0) is 72.8 Å². The van der Waals surface area contributed by atoms with Crippen LogP contribution in [0.15, 0.2) is 84.9 Å². The molecule has 1 fully saturated rings. The van der Waals surface area contributed by atoms with E-state index in [2.05, 4.69) is 44.0 Å². The lowest BCUT2D eigenvalue weighted by Crippen LogP contribution is -2.41. The molecule has 0 amide bonds. The summed E-state index contributed by atoms with van der Waals surface area (Å²) in [5.41, 5.74) is 7.45. The molecule has 1 saturated heterocycles. The van der Waals surface area contributed by atoms with Crippen LogP contribution < -0.4 is 9.64 Å². The van der Waals surface area contributed by atoms with E-state index in [9.17, 15) is 8.78 Å². The van der Waals surface area contributed by atoms with Gasteiger partial charge in [0, 0.05) is 70.5 Å². The summed E-state index contributed by atoms with van der Waals surface area (Å²) in [7, 11) is 0. The maximum absolute atomic E-state index is 13.8. The fraction of sp³-hybridized carbons (Fsp3) is 0.176. The first kappa shape index (κ1) is 25.1. The summed E-state index contributed by atoms with van der Waals surface area (Å²) in [5, 5.41) is 1.65. The zero-order chi connectivity index (χ0) is 28.2. The first-order chi connectivity index (χ1) is 20.6. The number of nitrogens with zero attached hydrogens (tertiary/aromatic N) is 2. The van der Waals surface area contributed by atoms with Crippen LogP contribution >= 0.6 is 0 Å². The van der Waals surface area contributed by atoms with Crippen LogP contribution in [0.2, 0.25) is 0 Å². The number of morpholine rings is 1.